The Labute approximate surface area is 138 Å². The Bertz CT molecular complexity index is 921. The van der Waals surface area contributed by atoms with Gasteiger partial charge in [-0.15, -0.1) is 0 Å². The van der Waals surface area contributed by atoms with Crippen molar-refractivity contribution < 1.29 is 4.79 Å². The minimum absolute atomic E-state index is 0.277. The highest BCUT2D eigenvalue weighted by atomic mass is 16.2. The van der Waals surface area contributed by atoms with E-state index >= 15 is 0 Å². The van der Waals surface area contributed by atoms with Crippen LogP contribution >= 0.6 is 0 Å². The van der Waals surface area contributed by atoms with E-state index in [1.54, 1.807) is 36.7 Å². The highest BCUT2D eigenvalue weighted by Crippen LogP contribution is 2.19. The van der Waals surface area contributed by atoms with Crippen molar-refractivity contribution in [1.82, 2.24) is 15.2 Å². The third kappa shape index (κ3) is 3.40. The molecule has 0 unspecified atom stereocenters. The fourth-order valence-electron chi connectivity index (χ4n) is 2.46. The van der Waals surface area contributed by atoms with Gasteiger partial charge in [0.15, 0.2) is 0 Å². The van der Waals surface area contributed by atoms with Crippen LogP contribution in [0.3, 0.4) is 0 Å². The van der Waals surface area contributed by atoms with Crippen molar-refractivity contribution in [2.75, 3.05) is 10.6 Å². The maximum Gasteiger partial charge on any atom is 0.323 e. The van der Waals surface area contributed by atoms with Gasteiger partial charge in [-0.1, -0.05) is 19.4 Å². The number of pyridine rings is 1. The van der Waals surface area contributed by atoms with Gasteiger partial charge in [-0.05, 0) is 30.7 Å². The Balaban J connectivity index is 1.84. The molecule has 0 saturated carbocycles. The molecular weight excluding hydrogens is 306 g/mol. The second-order valence-electron chi connectivity index (χ2n) is 5.33. The molecule has 0 spiro atoms. The van der Waals surface area contributed by atoms with Crippen LogP contribution < -0.4 is 16.2 Å². The molecule has 0 aliphatic heterocycles. The average Bonchev–Trinajstić information content (AvgIpc) is 2.58. The van der Waals surface area contributed by atoms with Crippen LogP contribution in [-0.2, 0) is 6.42 Å². The summed E-state index contributed by atoms with van der Waals surface area (Å²) in [4.78, 5) is 28.0. The predicted molar refractivity (Wildman–Crippen MR) is 93.2 cm³/mol. The third-order valence-corrected chi connectivity index (χ3v) is 3.53. The molecule has 3 N–H and O–H groups in total. The van der Waals surface area contributed by atoms with E-state index < -0.39 is 6.03 Å². The first-order valence-corrected chi connectivity index (χ1v) is 7.66. The van der Waals surface area contributed by atoms with Gasteiger partial charge in [0.25, 0.3) is 5.56 Å². The van der Waals surface area contributed by atoms with E-state index in [1.165, 1.54) is 0 Å². The first-order valence-electron chi connectivity index (χ1n) is 7.66. The molecular formula is C17H17N5O2. The number of hydrogen-bond acceptors (Lipinski definition) is 4. The van der Waals surface area contributed by atoms with E-state index in [1.807, 2.05) is 6.07 Å². The normalized spacial score (nSPS) is 10.5. The maximum absolute atomic E-state index is 12.0. The molecule has 2 aromatic heterocycles. The van der Waals surface area contributed by atoms with Gasteiger partial charge in [-0.2, -0.15) is 5.10 Å². The summed E-state index contributed by atoms with van der Waals surface area (Å²) in [6.07, 6.45) is 4.89. The summed E-state index contributed by atoms with van der Waals surface area (Å²) in [5.41, 5.74) is 1.69. The van der Waals surface area contributed by atoms with E-state index in [4.69, 9.17) is 0 Å². The molecule has 1 aromatic carbocycles. The standard InChI is InChI=1S/C17H17N5O2/c1-2-4-15-13-7-6-11(9-14(13)16(23)22-21-15)19-17(24)20-12-5-3-8-18-10-12/h3,5-10H,2,4H2,1H3,(H,22,23)(H2,19,20,24). The fraction of sp³-hybridized carbons (Fsp3) is 0.176. The molecule has 122 valence electrons. The Hall–Kier alpha value is -3.22. The smallest absolute Gasteiger partial charge is 0.308 e. The van der Waals surface area contributed by atoms with E-state index in [0.29, 0.717) is 16.8 Å². The van der Waals surface area contributed by atoms with Crippen molar-refractivity contribution in [3.63, 3.8) is 0 Å². The number of amides is 2. The number of H-pyrrole nitrogens is 1. The lowest BCUT2D eigenvalue weighted by molar-refractivity contribution is 0.262. The van der Waals surface area contributed by atoms with Crippen LogP contribution in [0.15, 0.2) is 47.5 Å². The summed E-state index contributed by atoms with van der Waals surface area (Å²) in [6, 6.07) is 8.28. The number of anilines is 2. The third-order valence-electron chi connectivity index (χ3n) is 3.53. The van der Waals surface area contributed by atoms with Crippen molar-refractivity contribution in [2.24, 2.45) is 0 Å². The molecule has 3 rings (SSSR count). The topological polar surface area (TPSA) is 99.8 Å². The van der Waals surface area contributed by atoms with E-state index in [2.05, 4.69) is 32.7 Å². The lowest BCUT2D eigenvalue weighted by Gasteiger charge is -2.09. The molecule has 2 heterocycles. The van der Waals surface area contributed by atoms with Crippen LogP contribution in [0.25, 0.3) is 10.8 Å². The van der Waals surface area contributed by atoms with Crippen LogP contribution in [0.4, 0.5) is 16.2 Å². The van der Waals surface area contributed by atoms with Crippen molar-refractivity contribution in [2.45, 2.75) is 19.8 Å². The number of nitrogens with one attached hydrogen (secondary N) is 3. The second-order valence-corrected chi connectivity index (χ2v) is 5.33. The molecule has 7 heteroatoms. The zero-order chi connectivity index (χ0) is 16.9. The number of rotatable bonds is 4. The van der Waals surface area contributed by atoms with Crippen LogP contribution in [0.5, 0.6) is 0 Å². The Morgan fingerprint density at radius 3 is 2.75 bits per heavy atom. The van der Waals surface area contributed by atoms with Crippen LogP contribution in [0.1, 0.15) is 19.0 Å². The lowest BCUT2D eigenvalue weighted by Crippen LogP contribution is -2.20. The van der Waals surface area contributed by atoms with Crippen LogP contribution in [-0.4, -0.2) is 21.2 Å². The summed E-state index contributed by atoms with van der Waals surface area (Å²) in [6.45, 7) is 2.05. The van der Waals surface area contributed by atoms with Gasteiger partial charge in [-0.3, -0.25) is 9.78 Å². The zero-order valence-corrected chi connectivity index (χ0v) is 13.2. The Kier molecular flexibility index (Phi) is 4.51. The summed E-state index contributed by atoms with van der Waals surface area (Å²) < 4.78 is 0. The molecule has 3 aromatic rings. The molecule has 0 atom stereocenters. The SMILES string of the molecule is CCCc1n[nH]c(=O)c2cc(NC(=O)Nc3cccnc3)ccc12. The maximum atomic E-state index is 12.0. The number of hydrogen-bond donors (Lipinski definition) is 3. The highest BCUT2D eigenvalue weighted by Gasteiger charge is 2.09. The van der Waals surface area contributed by atoms with Gasteiger partial charge in [0.05, 0.1) is 23.0 Å². The quantitative estimate of drug-likeness (QED) is 0.687. The molecule has 0 aliphatic carbocycles. The van der Waals surface area contributed by atoms with Crippen molar-refractivity contribution >= 4 is 28.2 Å². The van der Waals surface area contributed by atoms with Crippen LogP contribution in [0, 0.1) is 0 Å². The van der Waals surface area contributed by atoms with Crippen molar-refractivity contribution in [3.8, 4) is 0 Å². The molecule has 0 fully saturated rings. The van der Waals surface area contributed by atoms with E-state index in [9.17, 15) is 9.59 Å². The first-order chi connectivity index (χ1) is 11.7. The fourth-order valence-corrected chi connectivity index (χ4v) is 2.46. The van der Waals surface area contributed by atoms with Gasteiger partial charge < -0.3 is 10.6 Å². The zero-order valence-electron chi connectivity index (χ0n) is 13.2. The molecule has 0 aliphatic rings. The molecule has 24 heavy (non-hydrogen) atoms. The van der Waals surface area contributed by atoms with Gasteiger partial charge >= 0.3 is 6.03 Å². The monoisotopic (exact) mass is 323 g/mol. The minimum Gasteiger partial charge on any atom is -0.308 e. The van der Waals surface area contributed by atoms with Gasteiger partial charge in [0.2, 0.25) is 0 Å². The largest absolute Gasteiger partial charge is 0.323 e. The van der Waals surface area contributed by atoms with Gasteiger partial charge in [0.1, 0.15) is 0 Å². The number of aromatic nitrogens is 3. The van der Waals surface area contributed by atoms with Gasteiger partial charge in [0, 0.05) is 17.3 Å². The van der Waals surface area contributed by atoms with Crippen LogP contribution in [0.2, 0.25) is 0 Å². The summed E-state index contributed by atoms with van der Waals surface area (Å²) >= 11 is 0. The summed E-state index contributed by atoms with van der Waals surface area (Å²) in [7, 11) is 0. The predicted octanol–water partition coefficient (Wildman–Crippen LogP) is 2.91. The number of urea groups is 1. The van der Waals surface area contributed by atoms with Gasteiger partial charge in [-0.25, -0.2) is 9.89 Å². The van der Waals surface area contributed by atoms with Crippen molar-refractivity contribution in [3.05, 3.63) is 58.8 Å². The highest BCUT2D eigenvalue weighted by molar-refractivity contribution is 6.01. The van der Waals surface area contributed by atoms with Crippen molar-refractivity contribution in [1.29, 1.82) is 0 Å². The average molecular weight is 323 g/mol. The molecule has 2 amide bonds. The summed E-state index contributed by atoms with van der Waals surface area (Å²) in [5.74, 6) is 0. The summed E-state index contributed by atoms with van der Waals surface area (Å²) in [5, 5.41) is 13.3. The number of fused-ring (bicyclic) bond motifs is 1. The molecule has 0 radical (unpaired) electrons. The molecule has 0 saturated heterocycles. The Morgan fingerprint density at radius 2 is 2.00 bits per heavy atom. The number of aromatic amines is 1. The lowest BCUT2D eigenvalue weighted by atomic mass is 10.1. The Morgan fingerprint density at radius 1 is 1.17 bits per heavy atom. The number of aryl methyl sites for hydroxylation is 1. The van der Waals surface area contributed by atoms with E-state index in [-0.39, 0.29) is 5.56 Å². The van der Waals surface area contributed by atoms with E-state index in [0.717, 1.165) is 23.9 Å². The molecule has 0 bridgehead atoms. The second kappa shape index (κ2) is 6.91. The number of carbonyl (C=O) groups is 1. The number of carbonyl (C=O) groups excluding carboxylic acids is 1. The minimum atomic E-state index is -0.401. The first kappa shape index (κ1) is 15.7. The molecule has 7 nitrogen and oxygen atoms in total. The number of nitrogens with zero attached hydrogens (tertiary/aromatic N) is 2. The number of benzene rings is 1.